The summed E-state index contributed by atoms with van der Waals surface area (Å²) in [5.41, 5.74) is 7.53. The van der Waals surface area contributed by atoms with Gasteiger partial charge in [0.1, 0.15) is 0 Å². The Hall–Kier alpha value is -1.24. The Kier molecular flexibility index (Phi) is 6.36. The minimum atomic E-state index is -0.569. The number of hydrogen-bond acceptors (Lipinski definition) is 4. The molecule has 172 valence electrons. The van der Waals surface area contributed by atoms with Gasteiger partial charge in [0, 0.05) is 11.6 Å². The van der Waals surface area contributed by atoms with Crippen molar-refractivity contribution < 1.29 is 10.2 Å². The fraction of sp³-hybridized carbons (Fsp3) is 0.760. The molecule has 0 aromatic carbocycles. The van der Waals surface area contributed by atoms with E-state index in [0.29, 0.717) is 23.7 Å². The maximum atomic E-state index is 12.2. The molecule has 0 radical (unpaired) electrons. The van der Waals surface area contributed by atoms with E-state index in [1.807, 2.05) is 12.2 Å². The summed E-state index contributed by atoms with van der Waals surface area (Å²) >= 11 is 4.71. The Morgan fingerprint density at radius 2 is 1.84 bits per heavy atom. The largest absolute Gasteiger partial charge is 0.393 e. The van der Waals surface area contributed by atoms with E-state index in [4.69, 9.17) is 18.0 Å². The van der Waals surface area contributed by atoms with Crippen LogP contribution in [-0.4, -0.2) is 33.2 Å². The zero-order valence-corrected chi connectivity index (χ0v) is 19.8. The molecule has 0 heterocycles. The number of hydrazone groups is 1. The van der Waals surface area contributed by atoms with E-state index in [1.54, 1.807) is 6.21 Å². The summed E-state index contributed by atoms with van der Waals surface area (Å²) in [4.78, 5) is 0. The highest BCUT2D eigenvalue weighted by atomic mass is 32.1. The standard InChI is InChI=1S/C25H39N3O2S/c1-23-12-10-19(29)16-18(23)7-8-21-20(23)11-13-24(2)17(9-14-25(21,24)30)6-4-3-5-15-27-28-22(26)31/h3-6,15,17-21,29-30H,7-14,16H2,1-2H3,(H3,26,28,31)/b5-3+,6-4+,27-15+/t17-,18+,19-,20-,21+,23-,24+,25-/m0/s1. The topological polar surface area (TPSA) is 90.9 Å². The van der Waals surface area contributed by atoms with Crippen molar-refractivity contribution in [3.05, 3.63) is 24.3 Å². The van der Waals surface area contributed by atoms with Crippen molar-refractivity contribution in [3.63, 3.8) is 0 Å². The van der Waals surface area contributed by atoms with E-state index in [-0.39, 0.29) is 22.0 Å². The third kappa shape index (κ3) is 3.89. The molecular formula is C25H39N3O2S. The van der Waals surface area contributed by atoms with Gasteiger partial charge in [-0.1, -0.05) is 32.1 Å². The van der Waals surface area contributed by atoms with Crippen LogP contribution in [0.2, 0.25) is 0 Å². The average Bonchev–Trinajstić information content (AvgIpc) is 2.99. The molecule has 4 saturated carbocycles. The second kappa shape index (κ2) is 8.60. The molecule has 5 nitrogen and oxygen atoms in total. The van der Waals surface area contributed by atoms with Gasteiger partial charge in [-0.15, -0.1) is 0 Å². The van der Waals surface area contributed by atoms with Gasteiger partial charge in [0.15, 0.2) is 5.11 Å². The van der Waals surface area contributed by atoms with Gasteiger partial charge in [0.05, 0.1) is 11.7 Å². The van der Waals surface area contributed by atoms with Gasteiger partial charge in [-0.2, -0.15) is 5.10 Å². The highest BCUT2D eigenvalue weighted by Crippen LogP contribution is 2.69. The van der Waals surface area contributed by atoms with Gasteiger partial charge in [0.25, 0.3) is 0 Å². The van der Waals surface area contributed by atoms with Gasteiger partial charge in [-0.25, -0.2) is 0 Å². The molecule has 0 bridgehead atoms. The van der Waals surface area contributed by atoms with Gasteiger partial charge >= 0.3 is 0 Å². The second-order valence-electron chi connectivity index (χ2n) is 11.0. The zero-order valence-electron chi connectivity index (χ0n) is 19.0. The molecule has 0 spiro atoms. The number of hydrogen-bond donors (Lipinski definition) is 4. The molecule has 4 aliphatic rings. The molecule has 0 aliphatic heterocycles. The number of aliphatic hydroxyl groups is 2. The summed E-state index contributed by atoms with van der Waals surface area (Å²) < 4.78 is 0. The minimum Gasteiger partial charge on any atom is -0.393 e. The molecule has 0 saturated heterocycles. The summed E-state index contributed by atoms with van der Waals surface area (Å²) in [5.74, 6) is 2.01. The third-order valence-electron chi connectivity index (χ3n) is 9.80. The molecule has 0 aromatic rings. The molecule has 5 N–H and O–H groups in total. The molecule has 4 aliphatic carbocycles. The minimum absolute atomic E-state index is 0.0583. The normalized spacial score (nSPS) is 47.4. The molecule has 4 fully saturated rings. The number of thiocarbonyl (C=S) groups is 1. The molecule has 8 atom stereocenters. The van der Waals surface area contributed by atoms with Crippen molar-refractivity contribution in [3.8, 4) is 0 Å². The molecule has 0 aromatic heterocycles. The van der Waals surface area contributed by atoms with E-state index in [9.17, 15) is 10.2 Å². The summed E-state index contributed by atoms with van der Waals surface area (Å²) in [6.45, 7) is 4.80. The van der Waals surface area contributed by atoms with Crippen LogP contribution in [0.25, 0.3) is 0 Å². The number of nitrogens with zero attached hydrogens (tertiary/aromatic N) is 1. The van der Waals surface area contributed by atoms with Crippen molar-refractivity contribution in [2.75, 3.05) is 0 Å². The lowest BCUT2D eigenvalue weighted by atomic mass is 9.43. The average molecular weight is 446 g/mol. The molecule has 0 amide bonds. The Morgan fingerprint density at radius 3 is 2.61 bits per heavy atom. The summed E-state index contributed by atoms with van der Waals surface area (Å²) in [7, 11) is 0. The lowest BCUT2D eigenvalue weighted by Crippen LogP contribution is -2.62. The van der Waals surface area contributed by atoms with Gasteiger partial charge in [-0.05, 0) is 105 Å². The van der Waals surface area contributed by atoms with Gasteiger partial charge < -0.3 is 15.9 Å². The van der Waals surface area contributed by atoms with Crippen LogP contribution in [0, 0.1) is 34.5 Å². The van der Waals surface area contributed by atoms with Crippen LogP contribution < -0.4 is 11.2 Å². The Balaban J connectivity index is 1.47. The summed E-state index contributed by atoms with van der Waals surface area (Å²) in [5, 5.41) is 26.4. The number of aliphatic hydroxyl groups excluding tert-OH is 1. The van der Waals surface area contributed by atoms with Crippen molar-refractivity contribution in [2.24, 2.45) is 45.3 Å². The smallest absolute Gasteiger partial charge is 0.184 e. The van der Waals surface area contributed by atoms with Gasteiger partial charge in [-0.3, -0.25) is 5.43 Å². The van der Waals surface area contributed by atoms with Crippen LogP contribution >= 0.6 is 12.2 Å². The van der Waals surface area contributed by atoms with Crippen molar-refractivity contribution in [1.29, 1.82) is 0 Å². The highest BCUT2D eigenvalue weighted by molar-refractivity contribution is 7.80. The van der Waals surface area contributed by atoms with E-state index in [2.05, 4.69) is 36.5 Å². The number of nitrogens with two attached hydrogens (primary N) is 1. The highest BCUT2D eigenvalue weighted by Gasteiger charge is 2.66. The molecule has 31 heavy (non-hydrogen) atoms. The first-order valence-electron chi connectivity index (χ1n) is 12.0. The van der Waals surface area contributed by atoms with E-state index < -0.39 is 5.60 Å². The van der Waals surface area contributed by atoms with Crippen LogP contribution in [0.5, 0.6) is 0 Å². The molecule has 6 heteroatoms. The van der Waals surface area contributed by atoms with E-state index >= 15 is 0 Å². The third-order valence-corrected chi connectivity index (χ3v) is 9.89. The quantitative estimate of drug-likeness (QED) is 0.227. The lowest BCUT2D eigenvalue weighted by molar-refractivity contribution is -0.207. The lowest BCUT2D eigenvalue weighted by Gasteiger charge is -2.63. The first kappa shape index (κ1) is 22.9. The Bertz CT molecular complexity index is 783. The maximum Gasteiger partial charge on any atom is 0.184 e. The van der Waals surface area contributed by atoms with Crippen molar-refractivity contribution in [1.82, 2.24) is 5.43 Å². The van der Waals surface area contributed by atoms with Crippen LogP contribution in [-0.2, 0) is 0 Å². The van der Waals surface area contributed by atoms with E-state index in [0.717, 1.165) is 51.4 Å². The first-order chi connectivity index (χ1) is 14.7. The van der Waals surface area contributed by atoms with Crippen molar-refractivity contribution in [2.45, 2.75) is 83.3 Å². The number of fused-ring (bicyclic) bond motifs is 5. The number of allylic oxidation sites excluding steroid dienone is 4. The van der Waals surface area contributed by atoms with E-state index in [1.165, 1.54) is 6.42 Å². The predicted molar refractivity (Wildman–Crippen MR) is 129 cm³/mol. The SMILES string of the molecule is C[C@]12CC[C@H](O)C[C@H]1CC[C@@H]1[C@@H]2CC[C@]2(C)[C@@H](/C=C/C=C/C=N/NC(N)=S)CC[C@]12O. The van der Waals surface area contributed by atoms with Crippen LogP contribution in [0.1, 0.15) is 71.6 Å². The Labute approximate surface area is 192 Å². The fourth-order valence-corrected chi connectivity index (χ4v) is 8.06. The van der Waals surface area contributed by atoms with Gasteiger partial charge in [0.2, 0.25) is 0 Å². The zero-order chi connectivity index (χ0) is 22.3. The molecule has 4 rings (SSSR count). The Morgan fingerprint density at radius 1 is 1.03 bits per heavy atom. The number of rotatable bonds is 4. The number of nitrogens with one attached hydrogen (secondary N) is 1. The maximum absolute atomic E-state index is 12.2. The molecule has 0 unspecified atom stereocenters. The fourth-order valence-electron chi connectivity index (χ4n) is 8.01. The summed E-state index contributed by atoms with van der Waals surface area (Å²) in [6, 6.07) is 0. The van der Waals surface area contributed by atoms with Crippen LogP contribution in [0.3, 0.4) is 0 Å². The first-order valence-corrected chi connectivity index (χ1v) is 12.4. The molecular weight excluding hydrogens is 406 g/mol. The second-order valence-corrected chi connectivity index (χ2v) is 11.4. The van der Waals surface area contributed by atoms with Crippen molar-refractivity contribution >= 4 is 23.5 Å². The van der Waals surface area contributed by atoms with Crippen LogP contribution in [0.15, 0.2) is 29.4 Å². The predicted octanol–water partition coefficient (Wildman–Crippen LogP) is 4.05. The van der Waals surface area contributed by atoms with Crippen LogP contribution in [0.4, 0.5) is 0 Å². The summed E-state index contributed by atoms with van der Waals surface area (Å²) in [6.07, 6.45) is 19.3. The monoisotopic (exact) mass is 445 g/mol.